The Kier molecular flexibility index (Phi) is 8.99. The van der Waals surface area contributed by atoms with Gasteiger partial charge in [0.05, 0.1) is 19.6 Å². The lowest BCUT2D eigenvalue weighted by Gasteiger charge is -2.41. The molecule has 0 aromatic heterocycles. The van der Waals surface area contributed by atoms with E-state index in [4.69, 9.17) is 18.6 Å². The van der Waals surface area contributed by atoms with Gasteiger partial charge in [0.1, 0.15) is 18.4 Å². The van der Waals surface area contributed by atoms with Crippen LogP contribution < -0.4 is 0 Å². The van der Waals surface area contributed by atoms with Gasteiger partial charge in [0, 0.05) is 0 Å². The average molecular weight is 588 g/mol. The number of β-lactam (4-membered cyclic amide) rings is 1. The number of amides is 1. The molecular formula is C34H41NO6Si. The molecule has 1 amide bonds. The van der Waals surface area contributed by atoms with Crippen LogP contribution in [-0.4, -0.2) is 56.2 Å². The zero-order chi connectivity index (χ0) is 29.9. The molecule has 0 unspecified atom stereocenters. The lowest BCUT2D eigenvalue weighted by molar-refractivity contribution is -0.178. The molecule has 2 heterocycles. The van der Waals surface area contributed by atoms with Crippen molar-refractivity contribution in [1.29, 1.82) is 0 Å². The van der Waals surface area contributed by atoms with Gasteiger partial charge in [-0.2, -0.15) is 0 Å². The van der Waals surface area contributed by atoms with E-state index in [2.05, 4.69) is 33.9 Å². The summed E-state index contributed by atoms with van der Waals surface area (Å²) >= 11 is 0. The van der Waals surface area contributed by atoms with E-state index in [1.54, 1.807) is 4.90 Å². The topological polar surface area (TPSA) is 74.3 Å². The molecule has 2 saturated heterocycles. The molecular weight excluding hydrogens is 546 g/mol. The molecule has 0 saturated carbocycles. The van der Waals surface area contributed by atoms with Gasteiger partial charge in [0.25, 0.3) is 0 Å². The van der Waals surface area contributed by atoms with Gasteiger partial charge in [-0.25, -0.2) is 4.79 Å². The van der Waals surface area contributed by atoms with Crippen LogP contribution in [0.2, 0.25) is 18.1 Å². The summed E-state index contributed by atoms with van der Waals surface area (Å²) in [6, 6.07) is 29.2. The Balaban J connectivity index is 1.50. The molecule has 0 spiro atoms. The number of carbonyl (C=O) groups is 2. The quantitative estimate of drug-likeness (QED) is 0.150. The third-order valence-corrected chi connectivity index (χ3v) is 13.0. The van der Waals surface area contributed by atoms with Crippen molar-refractivity contribution < 1.29 is 28.2 Å². The molecule has 3 aromatic carbocycles. The first kappa shape index (κ1) is 30.2. The van der Waals surface area contributed by atoms with Gasteiger partial charge < -0.3 is 23.5 Å². The highest BCUT2D eigenvalue weighted by Crippen LogP contribution is 2.40. The van der Waals surface area contributed by atoms with Gasteiger partial charge in [-0.05, 0) is 34.8 Å². The van der Waals surface area contributed by atoms with Crippen LogP contribution in [0.1, 0.15) is 50.0 Å². The summed E-state index contributed by atoms with van der Waals surface area (Å²) in [4.78, 5) is 28.4. The van der Waals surface area contributed by atoms with Crippen molar-refractivity contribution in [2.24, 2.45) is 0 Å². The van der Waals surface area contributed by atoms with Gasteiger partial charge in [0.15, 0.2) is 20.5 Å². The second-order valence-electron chi connectivity index (χ2n) is 12.6. The molecule has 2 fully saturated rings. The molecule has 4 atom stereocenters. The van der Waals surface area contributed by atoms with Gasteiger partial charge >= 0.3 is 5.97 Å². The van der Waals surface area contributed by atoms with Gasteiger partial charge in [-0.15, -0.1) is 0 Å². The van der Waals surface area contributed by atoms with E-state index in [0.717, 1.165) is 16.7 Å². The molecule has 2 aliphatic heterocycles. The van der Waals surface area contributed by atoms with Crippen molar-refractivity contribution in [3.63, 3.8) is 0 Å². The molecule has 222 valence electrons. The van der Waals surface area contributed by atoms with Crippen molar-refractivity contribution in [2.75, 3.05) is 6.54 Å². The molecule has 3 aromatic rings. The summed E-state index contributed by atoms with van der Waals surface area (Å²) in [5, 5.41) is -0.178. The highest BCUT2D eigenvalue weighted by molar-refractivity contribution is 6.74. The molecule has 2 aliphatic rings. The van der Waals surface area contributed by atoms with E-state index in [-0.39, 0.29) is 23.8 Å². The molecule has 0 N–H and O–H groups in total. The Bertz CT molecular complexity index is 1310. The van der Waals surface area contributed by atoms with E-state index in [1.807, 2.05) is 91.0 Å². The number of rotatable bonds is 11. The zero-order valence-corrected chi connectivity index (χ0v) is 26.1. The fourth-order valence-corrected chi connectivity index (χ4v) is 6.27. The van der Waals surface area contributed by atoms with Crippen LogP contribution in [0.5, 0.6) is 0 Å². The number of carbonyl (C=O) groups excluding carboxylic acids is 2. The minimum atomic E-state index is -2.51. The second-order valence-corrected chi connectivity index (χ2v) is 17.3. The smallest absolute Gasteiger partial charge is 0.337 e. The first-order valence-corrected chi connectivity index (χ1v) is 17.5. The van der Waals surface area contributed by atoms with E-state index in [1.165, 1.54) is 0 Å². The Morgan fingerprint density at radius 1 is 0.929 bits per heavy atom. The minimum Gasteiger partial charge on any atom is -0.451 e. The summed E-state index contributed by atoms with van der Waals surface area (Å²) in [7, 11) is -2.51. The molecule has 8 heteroatoms. The fourth-order valence-electron chi connectivity index (χ4n) is 5.05. The molecule has 7 nitrogen and oxygen atoms in total. The normalized spacial score (nSPS) is 20.1. The summed E-state index contributed by atoms with van der Waals surface area (Å²) in [5.74, 6) is -0.471. The zero-order valence-electron chi connectivity index (χ0n) is 25.1. The third kappa shape index (κ3) is 6.68. The van der Waals surface area contributed by atoms with Crippen molar-refractivity contribution in [3.8, 4) is 0 Å². The molecule has 42 heavy (non-hydrogen) atoms. The lowest BCUT2D eigenvalue weighted by atomic mass is 10.0. The van der Waals surface area contributed by atoms with Crippen molar-refractivity contribution in [1.82, 2.24) is 4.90 Å². The third-order valence-electron chi connectivity index (χ3n) is 8.57. The maximum absolute atomic E-state index is 14.4. The molecule has 0 radical (unpaired) electrons. The standard InChI is InChI=1S/C34H41NO6Si/c1-34(2,3)42(4,5)41-32(33(37)40-30(25-17-11-7-12-18-25)26-19-13-8-14-20-26)31(38-23-24-15-9-6-10-16-24)27-22-35-28(36)21-29(35)39-27/h6-20,27,29-32H,21-23H2,1-5H3/t27-,29+,31+,32-/m1/s1. The fraction of sp³-hybridized carbons (Fsp3) is 0.412. The number of nitrogens with zero attached hydrogens (tertiary/aromatic N) is 1. The Morgan fingerprint density at radius 2 is 1.48 bits per heavy atom. The maximum Gasteiger partial charge on any atom is 0.337 e. The van der Waals surface area contributed by atoms with Crippen LogP contribution in [0.15, 0.2) is 91.0 Å². The van der Waals surface area contributed by atoms with E-state index < -0.39 is 38.7 Å². The number of esters is 1. The molecule has 0 bridgehead atoms. The van der Waals surface area contributed by atoms with E-state index >= 15 is 0 Å². The van der Waals surface area contributed by atoms with Crippen LogP contribution in [0.4, 0.5) is 0 Å². The largest absolute Gasteiger partial charge is 0.451 e. The number of ether oxygens (including phenoxy) is 3. The predicted molar refractivity (Wildman–Crippen MR) is 163 cm³/mol. The number of fused-ring (bicyclic) bond motifs is 1. The monoisotopic (exact) mass is 587 g/mol. The number of hydrogen-bond acceptors (Lipinski definition) is 6. The average Bonchev–Trinajstić information content (AvgIpc) is 3.32. The number of hydrogen-bond donors (Lipinski definition) is 0. The SMILES string of the molecule is CC(C)(C)[Si](C)(C)O[C@@H](C(=O)OC(c1ccccc1)c1ccccc1)[C@@H](OCc1ccccc1)[C@H]1CN2C(=O)C[C@@H]2O1. The minimum absolute atomic E-state index is 0.0435. The summed E-state index contributed by atoms with van der Waals surface area (Å²) in [6.45, 7) is 11.2. The van der Waals surface area contributed by atoms with E-state index in [9.17, 15) is 9.59 Å². The Morgan fingerprint density at radius 3 is 1.98 bits per heavy atom. The predicted octanol–water partition coefficient (Wildman–Crippen LogP) is 6.25. The van der Waals surface area contributed by atoms with Crippen LogP contribution in [-0.2, 0) is 34.8 Å². The van der Waals surface area contributed by atoms with Crippen LogP contribution in [0, 0.1) is 0 Å². The second kappa shape index (κ2) is 12.5. The van der Waals surface area contributed by atoms with Crippen LogP contribution in [0.3, 0.4) is 0 Å². The highest BCUT2D eigenvalue weighted by Gasteiger charge is 2.53. The molecule has 5 rings (SSSR count). The Hall–Kier alpha value is -3.30. The van der Waals surface area contributed by atoms with Gasteiger partial charge in [-0.1, -0.05) is 112 Å². The van der Waals surface area contributed by atoms with Gasteiger partial charge in [-0.3, -0.25) is 4.79 Å². The summed E-state index contributed by atoms with van der Waals surface area (Å²) in [5.41, 5.74) is 2.68. The first-order valence-electron chi connectivity index (χ1n) is 14.6. The summed E-state index contributed by atoms with van der Waals surface area (Å²) < 4.78 is 26.1. The maximum atomic E-state index is 14.4. The lowest BCUT2D eigenvalue weighted by Crippen LogP contribution is -2.55. The van der Waals surface area contributed by atoms with Gasteiger partial charge in [0.2, 0.25) is 5.91 Å². The van der Waals surface area contributed by atoms with Crippen LogP contribution in [0.25, 0.3) is 0 Å². The summed E-state index contributed by atoms with van der Waals surface area (Å²) in [6.07, 6.45) is -2.99. The molecule has 0 aliphatic carbocycles. The Labute approximate surface area is 249 Å². The van der Waals surface area contributed by atoms with Crippen molar-refractivity contribution in [3.05, 3.63) is 108 Å². The number of benzene rings is 3. The van der Waals surface area contributed by atoms with Crippen molar-refractivity contribution in [2.45, 2.75) is 82.6 Å². The van der Waals surface area contributed by atoms with E-state index in [0.29, 0.717) is 13.0 Å². The van der Waals surface area contributed by atoms with Crippen LogP contribution >= 0.6 is 0 Å². The first-order chi connectivity index (χ1) is 20.0. The van der Waals surface area contributed by atoms with Crippen molar-refractivity contribution >= 4 is 20.2 Å². The highest BCUT2D eigenvalue weighted by atomic mass is 28.4.